The van der Waals surface area contributed by atoms with Crippen LogP contribution in [0, 0.1) is 17.1 Å². The maximum Gasteiger partial charge on any atom is 0.131 e. The largest absolute Gasteiger partial charge is 0.206 e. The van der Waals surface area contributed by atoms with Gasteiger partial charge in [0.25, 0.3) is 0 Å². The van der Waals surface area contributed by atoms with Crippen LogP contribution in [0.1, 0.15) is 5.56 Å². The SMILES string of the molecule is N#CCc1cccc(F)c1-c1ccc(Cl)c(Cl)c1. The zero-order chi connectivity index (χ0) is 13.1. The molecule has 0 saturated heterocycles. The number of hydrogen-bond acceptors (Lipinski definition) is 1. The average molecular weight is 280 g/mol. The Morgan fingerprint density at radius 2 is 1.89 bits per heavy atom. The molecule has 0 aromatic heterocycles. The molecule has 18 heavy (non-hydrogen) atoms. The molecule has 0 heterocycles. The van der Waals surface area contributed by atoms with Crippen molar-refractivity contribution in [2.45, 2.75) is 6.42 Å². The zero-order valence-electron chi connectivity index (χ0n) is 9.25. The molecule has 0 unspecified atom stereocenters. The van der Waals surface area contributed by atoms with E-state index < -0.39 is 0 Å². The first-order valence-corrected chi connectivity index (χ1v) is 5.99. The Kier molecular flexibility index (Phi) is 3.86. The zero-order valence-corrected chi connectivity index (χ0v) is 10.8. The minimum atomic E-state index is -0.374. The topological polar surface area (TPSA) is 23.8 Å². The van der Waals surface area contributed by atoms with Crippen LogP contribution in [0.15, 0.2) is 36.4 Å². The Balaban J connectivity index is 2.62. The molecule has 0 aliphatic heterocycles. The molecular weight excluding hydrogens is 272 g/mol. The van der Waals surface area contributed by atoms with E-state index in [0.29, 0.717) is 26.7 Å². The first-order valence-electron chi connectivity index (χ1n) is 5.23. The van der Waals surface area contributed by atoms with Gasteiger partial charge in [0.2, 0.25) is 0 Å². The van der Waals surface area contributed by atoms with Gasteiger partial charge in [-0.15, -0.1) is 0 Å². The van der Waals surface area contributed by atoms with Gasteiger partial charge < -0.3 is 0 Å². The Morgan fingerprint density at radius 3 is 2.56 bits per heavy atom. The Morgan fingerprint density at radius 1 is 1.11 bits per heavy atom. The van der Waals surface area contributed by atoms with Crippen molar-refractivity contribution < 1.29 is 4.39 Å². The minimum Gasteiger partial charge on any atom is -0.206 e. The lowest BCUT2D eigenvalue weighted by Gasteiger charge is -2.09. The standard InChI is InChI=1S/C14H8Cl2FN/c15-11-5-4-10(8-12(11)16)14-9(6-7-18)2-1-3-13(14)17/h1-5,8H,6H2. The van der Waals surface area contributed by atoms with Crippen molar-refractivity contribution in [1.29, 1.82) is 5.26 Å². The monoisotopic (exact) mass is 279 g/mol. The second kappa shape index (κ2) is 5.39. The predicted molar refractivity (Wildman–Crippen MR) is 71.2 cm³/mol. The molecule has 0 radical (unpaired) electrons. The van der Waals surface area contributed by atoms with Gasteiger partial charge in [0.05, 0.1) is 22.5 Å². The van der Waals surface area contributed by atoms with Gasteiger partial charge >= 0.3 is 0 Å². The van der Waals surface area contributed by atoms with E-state index in [2.05, 4.69) is 0 Å². The molecule has 0 aliphatic rings. The van der Waals surface area contributed by atoms with Gasteiger partial charge in [-0.2, -0.15) is 5.26 Å². The van der Waals surface area contributed by atoms with Crippen molar-refractivity contribution in [2.24, 2.45) is 0 Å². The third-order valence-electron chi connectivity index (χ3n) is 2.58. The van der Waals surface area contributed by atoms with Crippen LogP contribution >= 0.6 is 23.2 Å². The van der Waals surface area contributed by atoms with Crippen molar-refractivity contribution in [3.8, 4) is 17.2 Å². The van der Waals surface area contributed by atoms with Crippen LogP contribution < -0.4 is 0 Å². The third kappa shape index (κ3) is 2.48. The molecule has 2 aromatic carbocycles. The highest BCUT2D eigenvalue weighted by Crippen LogP contribution is 2.32. The van der Waals surface area contributed by atoms with Crippen LogP contribution in [-0.2, 0) is 6.42 Å². The summed E-state index contributed by atoms with van der Waals surface area (Å²) < 4.78 is 13.9. The van der Waals surface area contributed by atoms with Crippen LogP contribution in [0.4, 0.5) is 4.39 Å². The maximum absolute atomic E-state index is 13.9. The fraction of sp³-hybridized carbons (Fsp3) is 0.0714. The molecule has 2 rings (SSSR count). The lowest BCUT2D eigenvalue weighted by molar-refractivity contribution is 0.630. The summed E-state index contributed by atoms with van der Waals surface area (Å²) in [6.07, 6.45) is 0.146. The molecule has 1 nitrogen and oxygen atoms in total. The van der Waals surface area contributed by atoms with Crippen molar-refractivity contribution in [3.63, 3.8) is 0 Å². The molecule has 0 saturated carbocycles. The Labute approximate surface area is 114 Å². The summed E-state index contributed by atoms with van der Waals surface area (Å²) in [6.45, 7) is 0. The molecular formula is C14H8Cl2FN. The second-order valence-electron chi connectivity index (χ2n) is 3.74. The smallest absolute Gasteiger partial charge is 0.131 e. The van der Waals surface area contributed by atoms with Crippen molar-refractivity contribution in [1.82, 2.24) is 0 Å². The summed E-state index contributed by atoms with van der Waals surface area (Å²) in [4.78, 5) is 0. The van der Waals surface area contributed by atoms with Crippen LogP contribution in [-0.4, -0.2) is 0 Å². The number of nitrogens with zero attached hydrogens (tertiary/aromatic N) is 1. The first kappa shape index (κ1) is 12.9. The summed E-state index contributed by atoms with van der Waals surface area (Å²) >= 11 is 11.8. The summed E-state index contributed by atoms with van der Waals surface area (Å²) in [5.74, 6) is -0.374. The van der Waals surface area contributed by atoms with Crippen molar-refractivity contribution >= 4 is 23.2 Å². The first-order chi connectivity index (χ1) is 8.63. The minimum absolute atomic E-state index is 0.146. The summed E-state index contributed by atoms with van der Waals surface area (Å²) in [6, 6.07) is 11.6. The van der Waals surface area contributed by atoms with E-state index >= 15 is 0 Å². The molecule has 0 amide bonds. The lowest BCUT2D eigenvalue weighted by Crippen LogP contribution is -1.92. The fourth-order valence-electron chi connectivity index (χ4n) is 1.78. The van der Waals surface area contributed by atoms with Crippen LogP contribution in [0.25, 0.3) is 11.1 Å². The van der Waals surface area contributed by atoms with Gasteiger partial charge in [-0.05, 0) is 29.3 Å². The highest BCUT2D eigenvalue weighted by Gasteiger charge is 2.11. The molecule has 0 N–H and O–H groups in total. The number of hydrogen-bond donors (Lipinski definition) is 0. The van der Waals surface area contributed by atoms with E-state index in [1.807, 2.05) is 6.07 Å². The number of benzene rings is 2. The van der Waals surface area contributed by atoms with Crippen LogP contribution in [0.3, 0.4) is 0 Å². The Bertz CT molecular complexity index is 632. The van der Waals surface area contributed by atoms with Crippen molar-refractivity contribution in [2.75, 3.05) is 0 Å². The van der Waals surface area contributed by atoms with Gasteiger partial charge in [0.15, 0.2) is 0 Å². The molecule has 4 heteroatoms. The van der Waals surface area contributed by atoms with Gasteiger partial charge in [-0.1, -0.05) is 41.4 Å². The number of halogens is 3. The quantitative estimate of drug-likeness (QED) is 0.770. The van der Waals surface area contributed by atoms with Gasteiger partial charge in [0, 0.05) is 5.56 Å². The van der Waals surface area contributed by atoms with E-state index in [1.54, 1.807) is 30.3 Å². The summed E-state index contributed by atoms with van der Waals surface area (Å²) in [7, 11) is 0. The van der Waals surface area contributed by atoms with Crippen molar-refractivity contribution in [3.05, 3.63) is 57.8 Å². The summed E-state index contributed by atoms with van der Waals surface area (Å²) in [5.41, 5.74) is 1.65. The Hall–Kier alpha value is -1.56. The number of rotatable bonds is 2. The lowest BCUT2D eigenvalue weighted by atomic mass is 9.97. The van der Waals surface area contributed by atoms with E-state index in [-0.39, 0.29) is 12.2 Å². The fourth-order valence-corrected chi connectivity index (χ4v) is 2.07. The highest BCUT2D eigenvalue weighted by molar-refractivity contribution is 6.42. The normalized spacial score (nSPS) is 10.1. The van der Waals surface area contributed by atoms with Gasteiger partial charge in [0.1, 0.15) is 5.82 Å². The second-order valence-corrected chi connectivity index (χ2v) is 4.55. The predicted octanol–water partition coefficient (Wildman–Crippen LogP) is 4.87. The van der Waals surface area contributed by atoms with Gasteiger partial charge in [-0.25, -0.2) is 4.39 Å². The van der Waals surface area contributed by atoms with E-state index in [4.69, 9.17) is 28.5 Å². The molecule has 0 fully saturated rings. The summed E-state index contributed by atoms with van der Waals surface area (Å²) in [5, 5.41) is 9.54. The van der Waals surface area contributed by atoms with Gasteiger partial charge in [-0.3, -0.25) is 0 Å². The molecule has 0 atom stereocenters. The average Bonchev–Trinajstić information content (AvgIpc) is 2.34. The molecule has 0 bridgehead atoms. The molecule has 0 aliphatic carbocycles. The van der Waals surface area contributed by atoms with E-state index in [1.165, 1.54) is 6.07 Å². The van der Waals surface area contributed by atoms with Crippen LogP contribution in [0.5, 0.6) is 0 Å². The highest BCUT2D eigenvalue weighted by atomic mass is 35.5. The molecule has 0 spiro atoms. The van der Waals surface area contributed by atoms with E-state index in [0.717, 1.165) is 0 Å². The maximum atomic E-state index is 13.9. The number of nitriles is 1. The molecule has 90 valence electrons. The molecule has 2 aromatic rings. The van der Waals surface area contributed by atoms with Crippen LogP contribution in [0.2, 0.25) is 10.0 Å². The third-order valence-corrected chi connectivity index (χ3v) is 3.32. The van der Waals surface area contributed by atoms with E-state index in [9.17, 15) is 4.39 Å².